The summed E-state index contributed by atoms with van der Waals surface area (Å²) in [5.74, 6) is -5.88. The van der Waals surface area contributed by atoms with Crippen molar-refractivity contribution in [1.82, 2.24) is 0 Å². The number of aliphatic carboxylic acids is 1. The lowest BCUT2D eigenvalue weighted by Crippen LogP contribution is -2.37. The van der Waals surface area contributed by atoms with Crippen LogP contribution in [0, 0.1) is 17.5 Å². The van der Waals surface area contributed by atoms with Crippen LogP contribution in [0.1, 0.15) is 17.9 Å². The lowest BCUT2D eigenvalue weighted by molar-refractivity contribution is -0.137. The lowest BCUT2D eigenvalue weighted by Gasteiger charge is -2.22. The third-order valence-electron chi connectivity index (χ3n) is 2.62. The summed E-state index contributed by atoms with van der Waals surface area (Å²) in [5, 5.41) is 8.72. The van der Waals surface area contributed by atoms with Gasteiger partial charge in [-0.25, -0.2) is 13.2 Å². The van der Waals surface area contributed by atoms with E-state index >= 15 is 0 Å². The molecule has 0 spiro atoms. The maximum absolute atomic E-state index is 13.5. The molecule has 5 N–H and O–H groups in total. The second-order valence-corrected chi connectivity index (χ2v) is 3.89. The third-order valence-corrected chi connectivity index (χ3v) is 2.62. The average Bonchev–Trinajstić information content (AvgIpc) is 2.30. The molecule has 1 aromatic carbocycles. The Morgan fingerprint density at radius 1 is 1.22 bits per heavy atom. The highest BCUT2D eigenvalue weighted by molar-refractivity contribution is 5.68. The number of hydrogen-bond acceptors (Lipinski definition) is 3. The zero-order chi connectivity index (χ0) is 13.9. The molecule has 0 aromatic heterocycles. The molecule has 100 valence electrons. The zero-order valence-electron chi connectivity index (χ0n) is 9.37. The molecule has 0 amide bonds. The van der Waals surface area contributed by atoms with Crippen LogP contribution in [0.3, 0.4) is 0 Å². The van der Waals surface area contributed by atoms with Gasteiger partial charge in [-0.05, 0) is 11.6 Å². The van der Waals surface area contributed by atoms with Crippen LogP contribution in [0.2, 0.25) is 0 Å². The van der Waals surface area contributed by atoms with Crippen molar-refractivity contribution in [2.45, 2.75) is 18.4 Å². The second-order valence-electron chi connectivity index (χ2n) is 3.89. The van der Waals surface area contributed by atoms with Crippen LogP contribution in [-0.2, 0) is 4.79 Å². The summed E-state index contributed by atoms with van der Waals surface area (Å²) in [5.41, 5.74) is 10.6. The summed E-state index contributed by atoms with van der Waals surface area (Å²) in [4.78, 5) is 10.7. The van der Waals surface area contributed by atoms with Gasteiger partial charge in [0, 0.05) is 24.6 Å². The predicted molar refractivity (Wildman–Crippen MR) is 58.3 cm³/mol. The van der Waals surface area contributed by atoms with E-state index in [2.05, 4.69) is 0 Å². The number of rotatable bonds is 5. The summed E-state index contributed by atoms with van der Waals surface area (Å²) in [6.07, 6.45) is -0.514. The molecular formula is C11H13F3N2O2. The highest BCUT2D eigenvalue weighted by Crippen LogP contribution is 2.27. The Balaban J connectivity index is 3.19. The zero-order valence-corrected chi connectivity index (χ0v) is 9.37. The molecule has 0 bridgehead atoms. The lowest BCUT2D eigenvalue weighted by atomic mass is 9.88. The SMILES string of the molecule is NC[C@H](N)[C@H](CC(=O)O)c1cc(F)c(F)cc1F. The van der Waals surface area contributed by atoms with Crippen LogP contribution in [-0.4, -0.2) is 23.7 Å². The molecular weight excluding hydrogens is 249 g/mol. The molecule has 1 rings (SSSR count). The van der Waals surface area contributed by atoms with Crippen LogP contribution >= 0.6 is 0 Å². The van der Waals surface area contributed by atoms with E-state index in [9.17, 15) is 18.0 Å². The van der Waals surface area contributed by atoms with Crippen molar-refractivity contribution in [2.24, 2.45) is 11.5 Å². The fourth-order valence-corrected chi connectivity index (χ4v) is 1.67. The van der Waals surface area contributed by atoms with Crippen LogP contribution in [0.15, 0.2) is 12.1 Å². The van der Waals surface area contributed by atoms with Crippen molar-refractivity contribution in [3.8, 4) is 0 Å². The largest absolute Gasteiger partial charge is 0.481 e. The molecule has 0 unspecified atom stereocenters. The first-order valence-electron chi connectivity index (χ1n) is 5.18. The number of halogens is 3. The molecule has 0 fully saturated rings. The Bertz CT molecular complexity index is 454. The fraction of sp³-hybridized carbons (Fsp3) is 0.364. The van der Waals surface area contributed by atoms with Crippen LogP contribution in [0.4, 0.5) is 13.2 Å². The van der Waals surface area contributed by atoms with Gasteiger partial charge in [0.2, 0.25) is 0 Å². The molecule has 4 nitrogen and oxygen atoms in total. The Morgan fingerprint density at radius 2 is 1.78 bits per heavy atom. The summed E-state index contributed by atoms with van der Waals surface area (Å²) in [6, 6.07) is 0.122. The summed E-state index contributed by atoms with van der Waals surface area (Å²) in [7, 11) is 0. The molecule has 7 heteroatoms. The number of carbonyl (C=O) groups is 1. The third kappa shape index (κ3) is 3.21. The van der Waals surface area contributed by atoms with Gasteiger partial charge in [0.05, 0.1) is 6.42 Å². The number of hydrogen-bond donors (Lipinski definition) is 3. The smallest absolute Gasteiger partial charge is 0.304 e. The maximum Gasteiger partial charge on any atom is 0.304 e. The van der Waals surface area contributed by atoms with Gasteiger partial charge >= 0.3 is 5.97 Å². The van der Waals surface area contributed by atoms with Gasteiger partial charge in [0.25, 0.3) is 0 Å². The molecule has 0 heterocycles. The van der Waals surface area contributed by atoms with E-state index < -0.39 is 41.8 Å². The number of carboxylic acids is 1. The molecule has 18 heavy (non-hydrogen) atoms. The number of benzene rings is 1. The molecule has 0 aliphatic carbocycles. The van der Waals surface area contributed by atoms with E-state index in [0.29, 0.717) is 12.1 Å². The average molecular weight is 262 g/mol. The summed E-state index contributed by atoms with van der Waals surface area (Å²) >= 11 is 0. The Labute approximate surface area is 101 Å². The van der Waals surface area contributed by atoms with E-state index in [-0.39, 0.29) is 12.1 Å². The molecule has 0 aliphatic heterocycles. The standard InChI is InChI=1S/C11H13F3N2O2/c12-7-3-9(14)8(13)1-5(7)6(2-11(17)18)10(16)4-15/h1,3,6,10H,2,4,15-16H2,(H,17,18)/t6-,10+/m1/s1. The molecule has 0 saturated carbocycles. The van der Waals surface area contributed by atoms with Gasteiger partial charge in [-0.3, -0.25) is 4.79 Å². The summed E-state index contributed by atoms with van der Waals surface area (Å²) < 4.78 is 39.4. The van der Waals surface area contributed by atoms with Gasteiger partial charge in [-0.15, -0.1) is 0 Å². The first-order chi connectivity index (χ1) is 8.36. The first-order valence-corrected chi connectivity index (χ1v) is 5.18. The van der Waals surface area contributed by atoms with E-state index in [1.165, 1.54) is 0 Å². The fourth-order valence-electron chi connectivity index (χ4n) is 1.67. The van der Waals surface area contributed by atoms with Crippen LogP contribution < -0.4 is 11.5 Å². The minimum absolute atomic E-state index is 0.101. The highest BCUT2D eigenvalue weighted by atomic mass is 19.2. The monoisotopic (exact) mass is 262 g/mol. The minimum atomic E-state index is -1.34. The van der Waals surface area contributed by atoms with Crippen molar-refractivity contribution in [3.63, 3.8) is 0 Å². The first kappa shape index (κ1) is 14.5. The predicted octanol–water partition coefficient (Wildman–Crippen LogP) is 0.948. The molecule has 2 atom stereocenters. The van der Waals surface area contributed by atoms with E-state index in [0.717, 1.165) is 0 Å². The number of carboxylic acid groups (broad SMARTS) is 1. The molecule has 0 aliphatic rings. The van der Waals surface area contributed by atoms with Gasteiger partial charge in [0.1, 0.15) is 5.82 Å². The Hall–Kier alpha value is -1.60. The van der Waals surface area contributed by atoms with Crippen molar-refractivity contribution < 1.29 is 23.1 Å². The Kier molecular flexibility index (Phi) is 4.69. The quantitative estimate of drug-likeness (QED) is 0.689. The van der Waals surface area contributed by atoms with Crippen molar-refractivity contribution in [3.05, 3.63) is 35.1 Å². The number of nitrogens with two attached hydrogens (primary N) is 2. The van der Waals surface area contributed by atoms with E-state index in [1.807, 2.05) is 0 Å². The summed E-state index contributed by atoms with van der Waals surface area (Å²) in [6.45, 7) is -0.101. The topological polar surface area (TPSA) is 89.3 Å². The van der Waals surface area contributed by atoms with Crippen molar-refractivity contribution in [2.75, 3.05) is 6.54 Å². The Morgan fingerprint density at radius 3 is 2.28 bits per heavy atom. The minimum Gasteiger partial charge on any atom is -0.481 e. The second kappa shape index (κ2) is 5.83. The molecule has 1 aromatic rings. The van der Waals surface area contributed by atoms with Crippen molar-refractivity contribution in [1.29, 1.82) is 0 Å². The van der Waals surface area contributed by atoms with Gasteiger partial charge in [0.15, 0.2) is 11.6 Å². The van der Waals surface area contributed by atoms with Crippen LogP contribution in [0.5, 0.6) is 0 Å². The van der Waals surface area contributed by atoms with Gasteiger partial charge < -0.3 is 16.6 Å². The highest BCUT2D eigenvalue weighted by Gasteiger charge is 2.26. The van der Waals surface area contributed by atoms with E-state index in [4.69, 9.17) is 16.6 Å². The van der Waals surface area contributed by atoms with Gasteiger partial charge in [-0.1, -0.05) is 0 Å². The van der Waals surface area contributed by atoms with Gasteiger partial charge in [-0.2, -0.15) is 0 Å². The molecule has 0 radical (unpaired) electrons. The van der Waals surface area contributed by atoms with Crippen LogP contribution in [0.25, 0.3) is 0 Å². The molecule has 0 saturated heterocycles. The van der Waals surface area contributed by atoms with E-state index in [1.54, 1.807) is 0 Å². The normalized spacial score (nSPS) is 14.3. The maximum atomic E-state index is 13.5. The van der Waals surface area contributed by atoms with Crippen molar-refractivity contribution >= 4 is 5.97 Å².